The molecule has 1 aliphatic heterocycles. The van der Waals surface area contributed by atoms with E-state index >= 15 is 0 Å². The van der Waals surface area contributed by atoms with Crippen LogP contribution in [0.15, 0.2) is 34.3 Å². The number of hydrogen-bond acceptors (Lipinski definition) is 3. The Morgan fingerprint density at radius 3 is 3.00 bits per heavy atom. The van der Waals surface area contributed by atoms with Crippen molar-refractivity contribution in [2.45, 2.75) is 6.42 Å². The third kappa shape index (κ3) is 3.81. The molecule has 2 N–H and O–H groups in total. The Kier molecular flexibility index (Phi) is 4.99. The second-order valence-corrected chi connectivity index (χ2v) is 5.20. The molecule has 1 amide bonds. The van der Waals surface area contributed by atoms with Gasteiger partial charge in [-0.3, -0.25) is 4.79 Å². The number of rotatable bonds is 4. The smallest absolute Gasteiger partial charge is 0.251 e. The summed E-state index contributed by atoms with van der Waals surface area (Å²) in [5, 5.41) is 6.18. The highest BCUT2D eigenvalue weighted by atomic mass is 79.9. The molecule has 1 aliphatic rings. The molecule has 0 unspecified atom stereocenters. The zero-order valence-corrected chi connectivity index (χ0v) is 12.4. The molecule has 4 nitrogen and oxygen atoms in total. The Bertz CT molecular complexity index is 500. The van der Waals surface area contributed by atoms with Crippen molar-refractivity contribution >= 4 is 21.8 Å². The third-order valence-electron chi connectivity index (χ3n) is 3.05. The lowest BCUT2D eigenvalue weighted by molar-refractivity contribution is 0.0956. The van der Waals surface area contributed by atoms with E-state index in [1.54, 1.807) is 25.3 Å². The zero-order valence-electron chi connectivity index (χ0n) is 10.8. The molecule has 0 spiro atoms. The number of nitrogens with one attached hydrogen (secondary N) is 2. The molecule has 102 valence electrons. The number of halogens is 1. The van der Waals surface area contributed by atoms with Crippen LogP contribution in [-0.4, -0.2) is 32.7 Å². The van der Waals surface area contributed by atoms with Crippen molar-refractivity contribution < 1.29 is 9.53 Å². The molecule has 2 rings (SSSR count). The molecule has 0 fully saturated rings. The van der Waals surface area contributed by atoms with Gasteiger partial charge >= 0.3 is 0 Å². The minimum Gasteiger partial charge on any atom is -0.496 e. The summed E-state index contributed by atoms with van der Waals surface area (Å²) in [5.41, 5.74) is 1.90. The molecule has 0 radical (unpaired) electrons. The fraction of sp³-hybridized carbons (Fsp3) is 0.357. The Morgan fingerprint density at radius 2 is 2.37 bits per heavy atom. The first kappa shape index (κ1) is 14.1. The Hall–Kier alpha value is -1.33. The van der Waals surface area contributed by atoms with Crippen molar-refractivity contribution in [3.8, 4) is 5.75 Å². The quantitative estimate of drug-likeness (QED) is 0.834. The Balaban J connectivity index is 1.96. The van der Waals surface area contributed by atoms with Gasteiger partial charge in [0.05, 0.1) is 11.6 Å². The third-order valence-corrected chi connectivity index (χ3v) is 3.67. The monoisotopic (exact) mass is 324 g/mol. The molecule has 0 atom stereocenters. The van der Waals surface area contributed by atoms with Gasteiger partial charge in [0.2, 0.25) is 0 Å². The van der Waals surface area contributed by atoms with Gasteiger partial charge in [0.25, 0.3) is 5.91 Å². The second kappa shape index (κ2) is 6.73. The molecule has 1 aromatic rings. The Labute approximate surface area is 121 Å². The minimum atomic E-state index is -0.0669. The number of hydrogen-bond donors (Lipinski definition) is 2. The molecule has 0 bridgehead atoms. The summed E-state index contributed by atoms with van der Waals surface area (Å²) < 4.78 is 5.92. The SMILES string of the molecule is COc1ccc(C(=O)NCC2=CCNCC2)cc1Br. The van der Waals surface area contributed by atoms with Gasteiger partial charge in [0.1, 0.15) is 5.75 Å². The van der Waals surface area contributed by atoms with Gasteiger partial charge in [0.15, 0.2) is 0 Å². The van der Waals surface area contributed by atoms with Crippen molar-refractivity contribution in [1.82, 2.24) is 10.6 Å². The van der Waals surface area contributed by atoms with Gasteiger partial charge in [-0.25, -0.2) is 0 Å². The molecule has 19 heavy (non-hydrogen) atoms. The van der Waals surface area contributed by atoms with Crippen LogP contribution in [0.5, 0.6) is 5.75 Å². The molecule has 5 heteroatoms. The lowest BCUT2D eigenvalue weighted by atomic mass is 10.1. The van der Waals surface area contributed by atoms with Crippen LogP contribution < -0.4 is 15.4 Å². The second-order valence-electron chi connectivity index (χ2n) is 4.35. The topological polar surface area (TPSA) is 50.4 Å². The van der Waals surface area contributed by atoms with E-state index in [9.17, 15) is 4.79 Å². The van der Waals surface area contributed by atoms with Crippen LogP contribution >= 0.6 is 15.9 Å². The molecule has 1 heterocycles. The standard InChI is InChI=1S/C14H17BrN2O2/c1-19-13-3-2-11(8-12(13)15)14(18)17-9-10-4-6-16-7-5-10/h2-4,8,16H,5-7,9H2,1H3,(H,17,18). The molecular formula is C14H17BrN2O2. The van der Waals surface area contributed by atoms with E-state index < -0.39 is 0 Å². The fourth-order valence-electron chi connectivity index (χ4n) is 1.93. The maximum absolute atomic E-state index is 12.0. The van der Waals surface area contributed by atoms with Gasteiger partial charge in [0, 0.05) is 18.7 Å². The summed E-state index contributed by atoms with van der Waals surface area (Å²) in [7, 11) is 1.60. The Morgan fingerprint density at radius 1 is 1.53 bits per heavy atom. The van der Waals surface area contributed by atoms with E-state index in [1.807, 2.05) is 0 Å². The van der Waals surface area contributed by atoms with E-state index in [4.69, 9.17) is 4.74 Å². The lowest BCUT2D eigenvalue weighted by Gasteiger charge is -2.14. The normalized spacial score (nSPS) is 14.7. The van der Waals surface area contributed by atoms with Crippen LogP contribution in [0.3, 0.4) is 0 Å². The van der Waals surface area contributed by atoms with Crippen molar-refractivity contribution in [2.75, 3.05) is 26.7 Å². The largest absolute Gasteiger partial charge is 0.496 e. The van der Waals surface area contributed by atoms with Crippen molar-refractivity contribution in [3.63, 3.8) is 0 Å². The molecule has 1 aromatic carbocycles. The average molecular weight is 325 g/mol. The molecule has 0 saturated carbocycles. The van der Waals surface area contributed by atoms with Crippen LogP contribution in [0.2, 0.25) is 0 Å². The number of amides is 1. The molecule has 0 aromatic heterocycles. The van der Waals surface area contributed by atoms with Crippen molar-refractivity contribution in [2.24, 2.45) is 0 Å². The summed E-state index contributed by atoms with van der Waals surface area (Å²) in [6.45, 7) is 2.49. The first-order valence-corrected chi connectivity index (χ1v) is 7.00. The predicted molar refractivity (Wildman–Crippen MR) is 78.6 cm³/mol. The van der Waals surface area contributed by atoms with Gasteiger partial charge in [-0.2, -0.15) is 0 Å². The highest BCUT2D eigenvalue weighted by Crippen LogP contribution is 2.25. The summed E-state index contributed by atoms with van der Waals surface area (Å²) in [6.07, 6.45) is 3.13. The molecular weight excluding hydrogens is 308 g/mol. The van der Waals surface area contributed by atoms with Gasteiger partial charge in [-0.1, -0.05) is 11.6 Å². The maximum atomic E-state index is 12.0. The summed E-state index contributed by atoms with van der Waals surface area (Å²) in [6, 6.07) is 5.31. The number of ether oxygens (including phenoxy) is 1. The number of methoxy groups -OCH3 is 1. The van der Waals surface area contributed by atoms with E-state index in [-0.39, 0.29) is 5.91 Å². The summed E-state index contributed by atoms with van der Waals surface area (Å²) >= 11 is 3.38. The van der Waals surface area contributed by atoms with Crippen LogP contribution in [0, 0.1) is 0 Å². The summed E-state index contributed by atoms with van der Waals surface area (Å²) in [4.78, 5) is 12.0. The number of benzene rings is 1. The average Bonchev–Trinajstić information content (AvgIpc) is 2.45. The van der Waals surface area contributed by atoms with E-state index in [0.29, 0.717) is 12.1 Å². The highest BCUT2D eigenvalue weighted by Gasteiger charge is 2.10. The highest BCUT2D eigenvalue weighted by molar-refractivity contribution is 9.10. The zero-order chi connectivity index (χ0) is 13.7. The first-order valence-electron chi connectivity index (χ1n) is 6.21. The van der Waals surface area contributed by atoms with Crippen LogP contribution in [-0.2, 0) is 0 Å². The van der Waals surface area contributed by atoms with E-state index in [2.05, 4.69) is 32.6 Å². The predicted octanol–water partition coefficient (Wildman–Crippen LogP) is 2.11. The number of carbonyl (C=O) groups excluding carboxylic acids is 1. The molecule has 0 aliphatic carbocycles. The van der Waals surface area contributed by atoms with Crippen molar-refractivity contribution in [3.05, 3.63) is 39.9 Å². The van der Waals surface area contributed by atoms with Crippen LogP contribution in [0.1, 0.15) is 16.8 Å². The van der Waals surface area contributed by atoms with Crippen LogP contribution in [0.25, 0.3) is 0 Å². The molecule has 0 saturated heterocycles. The minimum absolute atomic E-state index is 0.0669. The van der Waals surface area contributed by atoms with Gasteiger partial charge in [-0.05, 0) is 47.1 Å². The maximum Gasteiger partial charge on any atom is 0.251 e. The lowest BCUT2D eigenvalue weighted by Crippen LogP contribution is -2.29. The first-order chi connectivity index (χ1) is 9.20. The van der Waals surface area contributed by atoms with Crippen molar-refractivity contribution in [1.29, 1.82) is 0 Å². The van der Waals surface area contributed by atoms with E-state index in [0.717, 1.165) is 29.7 Å². The summed E-state index contributed by atoms with van der Waals surface area (Å²) in [5.74, 6) is 0.653. The van der Waals surface area contributed by atoms with Crippen LogP contribution in [0.4, 0.5) is 0 Å². The van der Waals surface area contributed by atoms with Gasteiger partial charge < -0.3 is 15.4 Å². The fourth-order valence-corrected chi connectivity index (χ4v) is 2.47. The van der Waals surface area contributed by atoms with E-state index in [1.165, 1.54) is 5.57 Å². The number of carbonyl (C=O) groups is 1. The van der Waals surface area contributed by atoms with Gasteiger partial charge in [-0.15, -0.1) is 0 Å².